The Balaban J connectivity index is 1.93. The Morgan fingerprint density at radius 1 is 1.08 bits per heavy atom. The van der Waals surface area contributed by atoms with E-state index in [9.17, 15) is 9.59 Å². The first-order valence-electron chi connectivity index (χ1n) is 7.73. The zero-order valence-corrected chi connectivity index (χ0v) is 14.5. The smallest absolute Gasteiger partial charge is 0.328 e. The number of carbonyl (C=O) groups is 2. The molecule has 124 valence electrons. The Hall–Kier alpha value is -2.27. The molecule has 0 saturated carbocycles. The number of esters is 1. The average molecular weight is 341 g/mol. The Kier molecular flexibility index (Phi) is 4.90. The number of amides is 1. The summed E-state index contributed by atoms with van der Waals surface area (Å²) in [7, 11) is 1.36. The highest BCUT2D eigenvalue weighted by molar-refractivity contribution is 7.98. The highest BCUT2D eigenvalue weighted by Gasteiger charge is 2.35. The van der Waals surface area contributed by atoms with E-state index in [1.165, 1.54) is 7.11 Å². The Labute approximate surface area is 145 Å². The minimum absolute atomic E-state index is 0.146. The van der Waals surface area contributed by atoms with Crippen LogP contribution in [0.5, 0.6) is 0 Å². The van der Waals surface area contributed by atoms with Gasteiger partial charge in [-0.15, -0.1) is 11.8 Å². The third-order valence-corrected chi connectivity index (χ3v) is 5.06. The lowest BCUT2D eigenvalue weighted by Crippen LogP contribution is -2.49. The second-order valence-electron chi connectivity index (χ2n) is 5.67. The molecule has 2 aromatic rings. The van der Waals surface area contributed by atoms with Crippen molar-refractivity contribution in [3.63, 3.8) is 0 Å². The lowest BCUT2D eigenvalue weighted by atomic mass is 9.93. The molecule has 5 heteroatoms. The molecule has 0 aromatic heterocycles. The van der Waals surface area contributed by atoms with Crippen LogP contribution in [-0.4, -0.2) is 36.2 Å². The number of fused-ring (bicyclic) bond motifs is 1. The number of hydrogen-bond donors (Lipinski definition) is 0. The largest absolute Gasteiger partial charge is 0.467 e. The van der Waals surface area contributed by atoms with Crippen LogP contribution in [0.25, 0.3) is 0 Å². The second-order valence-corrected chi connectivity index (χ2v) is 6.55. The van der Waals surface area contributed by atoms with Crippen LogP contribution in [0.3, 0.4) is 0 Å². The van der Waals surface area contributed by atoms with Gasteiger partial charge in [-0.2, -0.15) is 0 Å². The van der Waals surface area contributed by atoms with Crippen LogP contribution in [0.1, 0.15) is 21.5 Å². The molecule has 0 spiro atoms. The van der Waals surface area contributed by atoms with Crippen LogP contribution in [0.2, 0.25) is 0 Å². The summed E-state index contributed by atoms with van der Waals surface area (Å²) in [6.45, 7) is 0.416. The Bertz CT molecular complexity index is 757. The van der Waals surface area contributed by atoms with Crippen molar-refractivity contribution in [2.45, 2.75) is 23.9 Å². The lowest BCUT2D eigenvalue weighted by Gasteiger charge is -2.35. The van der Waals surface area contributed by atoms with E-state index in [0.717, 1.165) is 16.0 Å². The number of nitrogens with zero attached hydrogens (tertiary/aromatic N) is 1. The average Bonchev–Trinajstić information content (AvgIpc) is 2.65. The quantitative estimate of drug-likeness (QED) is 0.636. The lowest BCUT2D eigenvalue weighted by molar-refractivity contribution is -0.146. The van der Waals surface area contributed by atoms with E-state index in [0.29, 0.717) is 18.5 Å². The summed E-state index contributed by atoms with van der Waals surface area (Å²) in [5.41, 5.74) is 2.75. The van der Waals surface area contributed by atoms with Gasteiger partial charge in [0.2, 0.25) is 0 Å². The minimum Gasteiger partial charge on any atom is -0.467 e. The van der Waals surface area contributed by atoms with E-state index in [1.54, 1.807) is 16.7 Å². The van der Waals surface area contributed by atoms with E-state index < -0.39 is 6.04 Å². The highest BCUT2D eigenvalue weighted by atomic mass is 32.2. The molecule has 2 aromatic carbocycles. The summed E-state index contributed by atoms with van der Waals surface area (Å²) < 4.78 is 4.92. The molecular formula is C19H19NO3S. The summed E-state index contributed by atoms with van der Waals surface area (Å²) in [5.74, 6) is -0.522. The van der Waals surface area contributed by atoms with Crippen molar-refractivity contribution in [1.29, 1.82) is 0 Å². The monoisotopic (exact) mass is 341 g/mol. The number of rotatable bonds is 3. The van der Waals surface area contributed by atoms with Gasteiger partial charge in [0.05, 0.1) is 7.11 Å². The molecule has 0 fully saturated rings. The molecular weight excluding hydrogens is 322 g/mol. The third-order valence-electron chi connectivity index (χ3n) is 4.32. The van der Waals surface area contributed by atoms with E-state index in [2.05, 4.69) is 0 Å². The first-order valence-corrected chi connectivity index (χ1v) is 8.96. The summed E-state index contributed by atoms with van der Waals surface area (Å²) in [5, 5.41) is 0. The van der Waals surface area contributed by atoms with E-state index >= 15 is 0 Å². The van der Waals surface area contributed by atoms with Crippen molar-refractivity contribution in [2.75, 3.05) is 13.4 Å². The predicted octanol–water partition coefficient (Wildman–Crippen LogP) is 3.15. The minimum atomic E-state index is -0.586. The maximum absolute atomic E-state index is 13.0. The first kappa shape index (κ1) is 16.6. The molecule has 0 N–H and O–H groups in total. The molecule has 0 bridgehead atoms. The zero-order chi connectivity index (χ0) is 17.1. The molecule has 1 aliphatic heterocycles. The van der Waals surface area contributed by atoms with Crippen molar-refractivity contribution in [1.82, 2.24) is 4.90 Å². The summed E-state index contributed by atoms with van der Waals surface area (Å²) in [4.78, 5) is 27.9. The maximum Gasteiger partial charge on any atom is 0.328 e. The van der Waals surface area contributed by atoms with Crippen LogP contribution in [0, 0.1) is 0 Å². The van der Waals surface area contributed by atoms with Gasteiger partial charge in [0, 0.05) is 23.4 Å². The molecule has 0 radical (unpaired) electrons. The molecule has 3 rings (SSSR count). The van der Waals surface area contributed by atoms with Gasteiger partial charge in [0.15, 0.2) is 0 Å². The second kappa shape index (κ2) is 7.09. The summed E-state index contributed by atoms with van der Waals surface area (Å²) >= 11 is 1.63. The van der Waals surface area contributed by atoms with E-state index in [1.807, 2.05) is 54.8 Å². The number of hydrogen-bond acceptors (Lipinski definition) is 4. The molecule has 0 aliphatic carbocycles. The van der Waals surface area contributed by atoms with Crippen molar-refractivity contribution in [3.05, 3.63) is 65.2 Å². The molecule has 24 heavy (non-hydrogen) atoms. The topological polar surface area (TPSA) is 46.6 Å². The molecule has 1 atom stereocenters. The van der Waals surface area contributed by atoms with Gasteiger partial charge in [-0.25, -0.2) is 4.79 Å². The number of thioether (sulfide) groups is 1. The molecule has 1 aliphatic rings. The van der Waals surface area contributed by atoms with Crippen LogP contribution in [0.15, 0.2) is 53.4 Å². The van der Waals surface area contributed by atoms with Crippen molar-refractivity contribution in [2.24, 2.45) is 0 Å². The van der Waals surface area contributed by atoms with Gasteiger partial charge in [-0.1, -0.05) is 24.3 Å². The number of carbonyl (C=O) groups excluding carboxylic acids is 2. The number of benzene rings is 2. The normalized spacial score (nSPS) is 16.4. The predicted molar refractivity (Wildman–Crippen MR) is 94.0 cm³/mol. The molecule has 1 unspecified atom stereocenters. The van der Waals surface area contributed by atoms with Crippen molar-refractivity contribution >= 4 is 23.6 Å². The summed E-state index contributed by atoms with van der Waals surface area (Å²) in [6.07, 6.45) is 2.48. The summed E-state index contributed by atoms with van der Waals surface area (Å²) in [6, 6.07) is 14.8. The van der Waals surface area contributed by atoms with E-state index in [-0.39, 0.29) is 11.9 Å². The Morgan fingerprint density at radius 2 is 1.75 bits per heavy atom. The van der Waals surface area contributed by atoms with Gasteiger partial charge >= 0.3 is 5.97 Å². The molecule has 1 heterocycles. The van der Waals surface area contributed by atoms with Gasteiger partial charge in [-0.3, -0.25) is 4.79 Å². The maximum atomic E-state index is 13.0. The SMILES string of the molecule is COC(=O)C1Cc2ccccc2CN1C(=O)c1ccc(SC)cc1. The van der Waals surface area contributed by atoms with Crippen molar-refractivity contribution in [3.8, 4) is 0 Å². The van der Waals surface area contributed by atoms with Gasteiger partial charge in [0.1, 0.15) is 6.04 Å². The van der Waals surface area contributed by atoms with E-state index in [4.69, 9.17) is 4.74 Å². The van der Waals surface area contributed by atoms with Gasteiger partial charge < -0.3 is 9.64 Å². The standard InChI is InChI=1S/C19H19NO3S/c1-23-19(22)17-11-14-5-3-4-6-15(14)12-20(17)18(21)13-7-9-16(24-2)10-8-13/h3-10,17H,11-12H2,1-2H3. The van der Waals surface area contributed by atoms with Crippen LogP contribution < -0.4 is 0 Å². The Morgan fingerprint density at radius 3 is 2.38 bits per heavy atom. The molecule has 4 nitrogen and oxygen atoms in total. The third kappa shape index (κ3) is 3.17. The fourth-order valence-corrected chi connectivity index (χ4v) is 3.39. The number of methoxy groups -OCH3 is 1. The van der Waals surface area contributed by atoms with Crippen LogP contribution in [0.4, 0.5) is 0 Å². The van der Waals surface area contributed by atoms with Gasteiger partial charge in [0.25, 0.3) is 5.91 Å². The molecule has 0 saturated heterocycles. The number of ether oxygens (including phenoxy) is 1. The highest BCUT2D eigenvalue weighted by Crippen LogP contribution is 2.26. The zero-order valence-electron chi connectivity index (χ0n) is 13.7. The van der Waals surface area contributed by atoms with Crippen LogP contribution in [-0.2, 0) is 22.5 Å². The van der Waals surface area contributed by atoms with Gasteiger partial charge in [-0.05, 0) is 41.6 Å². The fourth-order valence-electron chi connectivity index (χ4n) is 2.98. The van der Waals surface area contributed by atoms with Crippen molar-refractivity contribution < 1.29 is 14.3 Å². The first-order chi connectivity index (χ1) is 11.6. The van der Waals surface area contributed by atoms with Crippen LogP contribution >= 0.6 is 11.8 Å². The molecule has 1 amide bonds. The fraction of sp³-hybridized carbons (Fsp3) is 0.263.